The van der Waals surface area contributed by atoms with E-state index in [4.69, 9.17) is 11.6 Å². The van der Waals surface area contributed by atoms with Crippen molar-refractivity contribution in [3.8, 4) is 0 Å². The zero-order valence-corrected chi connectivity index (χ0v) is 11.3. The van der Waals surface area contributed by atoms with E-state index in [1.165, 1.54) is 25.2 Å². The summed E-state index contributed by atoms with van der Waals surface area (Å²) in [6.07, 6.45) is 7.22. The molecule has 2 fully saturated rings. The highest BCUT2D eigenvalue weighted by Gasteiger charge is 2.53. The van der Waals surface area contributed by atoms with Crippen LogP contribution in [0.3, 0.4) is 0 Å². The summed E-state index contributed by atoms with van der Waals surface area (Å²) in [6.45, 7) is 0.530. The van der Waals surface area contributed by atoms with Crippen molar-refractivity contribution in [1.82, 2.24) is 14.7 Å². The third-order valence-corrected chi connectivity index (χ3v) is 5.41. The molecule has 1 aromatic heterocycles. The number of hydrogen-bond donors (Lipinski definition) is 1. The first-order valence-corrected chi connectivity index (χ1v) is 7.85. The third kappa shape index (κ3) is 2.37. The van der Waals surface area contributed by atoms with Gasteiger partial charge in [-0.1, -0.05) is 0 Å². The van der Waals surface area contributed by atoms with Gasteiger partial charge in [0.05, 0.1) is 12.4 Å². The Morgan fingerprint density at radius 2 is 1.94 bits per heavy atom. The molecule has 0 radical (unpaired) electrons. The van der Waals surface area contributed by atoms with Crippen molar-refractivity contribution in [2.24, 2.45) is 11.3 Å². The molecule has 18 heavy (non-hydrogen) atoms. The molecule has 2 saturated carbocycles. The Kier molecular flexibility index (Phi) is 2.84. The maximum absolute atomic E-state index is 12.0. The van der Waals surface area contributed by atoms with Crippen molar-refractivity contribution in [3.63, 3.8) is 0 Å². The van der Waals surface area contributed by atoms with Crippen molar-refractivity contribution in [3.05, 3.63) is 17.7 Å². The van der Waals surface area contributed by atoms with Gasteiger partial charge in [-0.15, -0.1) is 0 Å². The molecule has 2 aliphatic rings. The van der Waals surface area contributed by atoms with Gasteiger partial charge in [0.25, 0.3) is 0 Å². The number of nitrogens with one attached hydrogen (secondary N) is 1. The SMILES string of the molecule is O=S(=O)(NCC1(C2CC2)CC1)c1cnc(Cl)nc1. The van der Waals surface area contributed by atoms with Crippen molar-refractivity contribution in [2.45, 2.75) is 30.6 Å². The Morgan fingerprint density at radius 3 is 2.44 bits per heavy atom. The van der Waals surface area contributed by atoms with E-state index in [0.717, 1.165) is 18.8 Å². The van der Waals surface area contributed by atoms with E-state index >= 15 is 0 Å². The lowest BCUT2D eigenvalue weighted by Gasteiger charge is -2.14. The van der Waals surface area contributed by atoms with Gasteiger partial charge in [0.15, 0.2) is 0 Å². The molecule has 3 rings (SSSR count). The average Bonchev–Trinajstić information content (AvgIpc) is 3.19. The first-order chi connectivity index (χ1) is 8.52. The summed E-state index contributed by atoms with van der Waals surface area (Å²) in [4.78, 5) is 7.44. The van der Waals surface area contributed by atoms with Crippen molar-refractivity contribution in [1.29, 1.82) is 0 Å². The number of sulfonamides is 1. The summed E-state index contributed by atoms with van der Waals surface area (Å²) in [5.74, 6) is 0.724. The number of hydrogen-bond acceptors (Lipinski definition) is 4. The molecular formula is C11H14ClN3O2S. The summed E-state index contributed by atoms with van der Waals surface area (Å²) in [5.41, 5.74) is 0.236. The van der Waals surface area contributed by atoms with E-state index in [1.807, 2.05) is 0 Å². The molecule has 0 spiro atoms. The number of aromatic nitrogens is 2. The molecule has 1 heterocycles. The predicted octanol–water partition coefficient (Wildman–Crippen LogP) is 1.60. The molecule has 0 atom stereocenters. The fourth-order valence-electron chi connectivity index (χ4n) is 2.35. The summed E-state index contributed by atoms with van der Waals surface area (Å²) in [5, 5.41) is 0.0468. The zero-order valence-electron chi connectivity index (χ0n) is 9.76. The highest BCUT2D eigenvalue weighted by Crippen LogP contribution is 2.60. The van der Waals surface area contributed by atoms with Crippen LogP contribution < -0.4 is 4.72 Å². The molecule has 1 aromatic rings. The number of rotatable bonds is 5. The second-order valence-electron chi connectivity index (χ2n) is 5.15. The van der Waals surface area contributed by atoms with E-state index in [9.17, 15) is 8.42 Å². The van der Waals surface area contributed by atoms with E-state index in [2.05, 4.69) is 14.7 Å². The first kappa shape index (κ1) is 12.3. The van der Waals surface area contributed by atoms with Crippen molar-refractivity contribution in [2.75, 3.05) is 6.54 Å². The minimum absolute atomic E-state index is 0.0468. The van der Waals surface area contributed by atoms with Crippen molar-refractivity contribution < 1.29 is 8.42 Å². The largest absolute Gasteiger partial charge is 0.243 e. The molecule has 0 aliphatic heterocycles. The van der Waals surface area contributed by atoms with Gasteiger partial charge in [-0.2, -0.15) is 0 Å². The minimum atomic E-state index is -3.51. The molecule has 1 N–H and O–H groups in total. The van der Waals surface area contributed by atoms with E-state index in [1.54, 1.807) is 0 Å². The molecule has 0 bridgehead atoms. The lowest BCUT2D eigenvalue weighted by Crippen LogP contribution is -2.31. The Morgan fingerprint density at radius 1 is 1.33 bits per heavy atom. The monoisotopic (exact) mass is 287 g/mol. The highest BCUT2D eigenvalue weighted by atomic mass is 35.5. The topological polar surface area (TPSA) is 72.0 Å². The van der Waals surface area contributed by atoms with Gasteiger partial charge in [-0.25, -0.2) is 23.1 Å². The van der Waals surface area contributed by atoms with Crippen LogP contribution in [0.4, 0.5) is 0 Å². The van der Waals surface area contributed by atoms with Gasteiger partial charge in [-0.3, -0.25) is 0 Å². The molecule has 2 aliphatic carbocycles. The van der Waals surface area contributed by atoms with Gasteiger partial charge in [0.2, 0.25) is 15.3 Å². The van der Waals surface area contributed by atoms with E-state index < -0.39 is 10.0 Å². The second-order valence-corrected chi connectivity index (χ2v) is 7.25. The highest BCUT2D eigenvalue weighted by molar-refractivity contribution is 7.89. The number of halogens is 1. The third-order valence-electron chi connectivity index (χ3n) is 3.86. The van der Waals surface area contributed by atoms with E-state index in [0.29, 0.717) is 6.54 Å². The van der Waals surface area contributed by atoms with Gasteiger partial charge in [-0.05, 0) is 48.6 Å². The molecular weight excluding hydrogens is 274 g/mol. The minimum Gasteiger partial charge on any atom is -0.225 e. The predicted molar refractivity (Wildman–Crippen MR) is 66.6 cm³/mol. The molecule has 98 valence electrons. The lowest BCUT2D eigenvalue weighted by atomic mass is 10.0. The second kappa shape index (κ2) is 4.15. The lowest BCUT2D eigenvalue weighted by molar-refractivity contribution is 0.431. The van der Waals surface area contributed by atoms with Crippen LogP contribution in [0.25, 0.3) is 0 Å². The zero-order chi connectivity index (χ0) is 12.8. The Hall–Kier alpha value is -0.720. The summed E-state index contributed by atoms with van der Waals surface area (Å²) >= 11 is 5.53. The molecule has 5 nitrogen and oxygen atoms in total. The Bertz CT molecular complexity index is 550. The Labute approximate surface area is 111 Å². The van der Waals surface area contributed by atoms with Crippen LogP contribution in [0, 0.1) is 11.3 Å². The maximum Gasteiger partial charge on any atom is 0.243 e. The fourth-order valence-corrected chi connectivity index (χ4v) is 3.47. The summed E-state index contributed by atoms with van der Waals surface area (Å²) < 4.78 is 26.7. The summed E-state index contributed by atoms with van der Waals surface area (Å²) in [6, 6.07) is 0. The van der Waals surface area contributed by atoms with Gasteiger partial charge in [0.1, 0.15) is 4.90 Å². The van der Waals surface area contributed by atoms with Crippen LogP contribution >= 0.6 is 11.6 Å². The first-order valence-electron chi connectivity index (χ1n) is 5.99. The van der Waals surface area contributed by atoms with Crippen LogP contribution in [0.15, 0.2) is 17.3 Å². The van der Waals surface area contributed by atoms with Crippen molar-refractivity contribution >= 4 is 21.6 Å². The molecule has 0 amide bonds. The molecule has 0 saturated heterocycles. The van der Waals surface area contributed by atoms with Crippen LogP contribution in [0.1, 0.15) is 25.7 Å². The van der Waals surface area contributed by atoms with Gasteiger partial charge >= 0.3 is 0 Å². The van der Waals surface area contributed by atoms with Crippen LogP contribution in [0.5, 0.6) is 0 Å². The normalized spacial score (nSPS) is 21.8. The number of nitrogens with zero attached hydrogens (tertiary/aromatic N) is 2. The average molecular weight is 288 g/mol. The standard InChI is InChI=1S/C11H14ClN3O2S/c12-10-13-5-9(6-14-10)18(16,17)15-7-11(3-4-11)8-1-2-8/h5-6,8,15H,1-4,7H2. The van der Waals surface area contributed by atoms with Crippen LogP contribution in [-0.4, -0.2) is 24.9 Å². The van der Waals surface area contributed by atoms with Gasteiger partial charge < -0.3 is 0 Å². The van der Waals surface area contributed by atoms with Crippen LogP contribution in [0.2, 0.25) is 5.28 Å². The van der Waals surface area contributed by atoms with Gasteiger partial charge in [0, 0.05) is 6.54 Å². The summed E-state index contributed by atoms with van der Waals surface area (Å²) in [7, 11) is -3.51. The maximum atomic E-state index is 12.0. The quantitative estimate of drug-likeness (QED) is 0.835. The molecule has 7 heteroatoms. The van der Waals surface area contributed by atoms with Crippen LogP contribution in [-0.2, 0) is 10.0 Å². The molecule has 0 unspecified atom stereocenters. The fraction of sp³-hybridized carbons (Fsp3) is 0.636. The smallest absolute Gasteiger partial charge is 0.225 e. The molecule has 0 aromatic carbocycles. The van der Waals surface area contributed by atoms with E-state index in [-0.39, 0.29) is 15.6 Å². The Balaban J connectivity index is 1.69.